The fourth-order valence-electron chi connectivity index (χ4n) is 2.03. The Morgan fingerprint density at radius 3 is 2.71 bits per heavy atom. The van der Waals surface area contributed by atoms with E-state index in [-0.39, 0.29) is 12.5 Å². The highest BCUT2D eigenvalue weighted by Crippen LogP contribution is 2.21. The molecule has 1 heterocycles. The Kier molecular flexibility index (Phi) is 4.72. The minimum Gasteiger partial charge on any atom is -0.484 e. The molecule has 8 heteroatoms. The van der Waals surface area contributed by atoms with Gasteiger partial charge in [0.15, 0.2) is 6.61 Å². The maximum Gasteiger partial charge on any atom is 0.262 e. The van der Waals surface area contributed by atoms with E-state index in [1.807, 2.05) is 6.92 Å². The second-order valence-corrected chi connectivity index (χ2v) is 5.46. The Morgan fingerprint density at radius 2 is 2.04 bits per heavy atom. The van der Waals surface area contributed by atoms with E-state index in [2.05, 4.69) is 20.8 Å². The number of hydrogen-bond donors (Lipinski definition) is 1. The van der Waals surface area contributed by atoms with Crippen LogP contribution in [0.5, 0.6) is 5.75 Å². The van der Waals surface area contributed by atoms with Crippen LogP contribution < -0.4 is 10.1 Å². The topological polar surface area (TPSA) is 81.9 Å². The van der Waals surface area contributed by atoms with Gasteiger partial charge in [0.25, 0.3) is 5.91 Å². The van der Waals surface area contributed by atoms with E-state index >= 15 is 0 Å². The predicted molar refractivity (Wildman–Crippen MR) is 89.5 cm³/mol. The number of rotatable bonds is 5. The van der Waals surface area contributed by atoms with Gasteiger partial charge in [-0.25, -0.2) is 4.68 Å². The quantitative estimate of drug-likeness (QED) is 0.770. The summed E-state index contributed by atoms with van der Waals surface area (Å²) < 4.78 is 6.98. The van der Waals surface area contributed by atoms with Crippen LogP contribution in [-0.2, 0) is 4.79 Å². The summed E-state index contributed by atoms with van der Waals surface area (Å²) in [6, 6.07) is 12.4. The molecule has 0 radical (unpaired) electrons. The maximum absolute atomic E-state index is 12.0. The number of carbonyl (C=O) groups excluding carboxylic acids is 1. The van der Waals surface area contributed by atoms with Gasteiger partial charge in [-0.3, -0.25) is 4.79 Å². The minimum atomic E-state index is -0.252. The normalized spacial score (nSPS) is 10.4. The first kappa shape index (κ1) is 15.9. The maximum atomic E-state index is 12.0. The van der Waals surface area contributed by atoms with Gasteiger partial charge >= 0.3 is 0 Å². The fourth-order valence-corrected chi connectivity index (χ4v) is 2.15. The average Bonchev–Trinajstić information content (AvgIpc) is 3.11. The molecule has 24 heavy (non-hydrogen) atoms. The van der Waals surface area contributed by atoms with E-state index < -0.39 is 0 Å². The highest BCUT2D eigenvalue weighted by Gasteiger charge is 2.06. The Balaban J connectivity index is 1.55. The molecule has 7 nitrogen and oxygen atoms in total. The van der Waals surface area contributed by atoms with Crippen molar-refractivity contribution >= 4 is 23.2 Å². The van der Waals surface area contributed by atoms with E-state index in [9.17, 15) is 4.79 Å². The number of halogens is 1. The Labute approximate surface area is 143 Å². The van der Waals surface area contributed by atoms with Gasteiger partial charge in [-0.15, -0.1) is 5.10 Å². The number of aromatic nitrogens is 4. The third-order valence-corrected chi connectivity index (χ3v) is 3.69. The minimum absolute atomic E-state index is 0.0875. The summed E-state index contributed by atoms with van der Waals surface area (Å²) in [6.07, 6.45) is 1.50. The number of tetrazole rings is 1. The van der Waals surface area contributed by atoms with Crippen LogP contribution in [-0.4, -0.2) is 32.7 Å². The van der Waals surface area contributed by atoms with Crippen molar-refractivity contribution in [1.82, 2.24) is 20.2 Å². The van der Waals surface area contributed by atoms with E-state index in [0.29, 0.717) is 16.5 Å². The van der Waals surface area contributed by atoms with Gasteiger partial charge in [0.2, 0.25) is 0 Å². The molecule has 0 bridgehead atoms. The molecular formula is C16H14ClN5O2. The second kappa shape index (κ2) is 7.10. The molecule has 0 saturated heterocycles. The van der Waals surface area contributed by atoms with Gasteiger partial charge < -0.3 is 10.1 Å². The van der Waals surface area contributed by atoms with Gasteiger partial charge in [-0.05, 0) is 65.4 Å². The molecule has 0 fully saturated rings. The van der Waals surface area contributed by atoms with Crippen molar-refractivity contribution in [3.8, 4) is 11.4 Å². The van der Waals surface area contributed by atoms with Crippen LogP contribution in [0.3, 0.4) is 0 Å². The highest BCUT2D eigenvalue weighted by atomic mass is 35.5. The van der Waals surface area contributed by atoms with Crippen LogP contribution in [0.1, 0.15) is 5.56 Å². The molecule has 0 aliphatic carbocycles. The third kappa shape index (κ3) is 3.88. The standard InChI is InChI=1S/C16H14ClN5O2/c1-11-8-14(6-7-15(11)17)24-9-16(23)19-12-2-4-13(5-3-12)22-10-18-20-21-22/h2-8,10H,9H2,1H3,(H,19,23). The molecular weight excluding hydrogens is 330 g/mol. The lowest BCUT2D eigenvalue weighted by atomic mass is 10.2. The van der Waals surface area contributed by atoms with E-state index in [1.165, 1.54) is 11.0 Å². The summed E-state index contributed by atoms with van der Waals surface area (Å²) in [5.41, 5.74) is 2.35. The van der Waals surface area contributed by atoms with Gasteiger partial charge in [0.05, 0.1) is 5.69 Å². The number of aryl methyl sites for hydroxylation is 1. The van der Waals surface area contributed by atoms with Crippen LogP contribution in [0.4, 0.5) is 5.69 Å². The Morgan fingerprint density at radius 1 is 1.25 bits per heavy atom. The number of hydrogen-bond acceptors (Lipinski definition) is 5. The molecule has 3 aromatic rings. The first-order valence-corrected chi connectivity index (χ1v) is 7.52. The van der Waals surface area contributed by atoms with Gasteiger partial charge in [-0.2, -0.15) is 0 Å². The van der Waals surface area contributed by atoms with Crippen LogP contribution in [0.2, 0.25) is 5.02 Å². The zero-order valence-corrected chi connectivity index (χ0v) is 13.6. The van der Waals surface area contributed by atoms with Crippen molar-refractivity contribution in [3.05, 3.63) is 59.4 Å². The first-order chi connectivity index (χ1) is 11.6. The lowest BCUT2D eigenvalue weighted by molar-refractivity contribution is -0.118. The highest BCUT2D eigenvalue weighted by molar-refractivity contribution is 6.31. The van der Waals surface area contributed by atoms with Crippen molar-refractivity contribution in [3.63, 3.8) is 0 Å². The Hall–Kier alpha value is -2.93. The molecule has 0 aliphatic rings. The van der Waals surface area contributed by atoms with Gasteiger partial charge in [0.1, 0.15) is 12.1 Å². The summed E-state index contributed by atoms with van der Waals surface area (Å²) >= 11 is 5.95. The van der Waals surface area contributed by atoms with Crippen molar-refractivity contribution in [2.75, 3.05) is 11.9 Å². The summed E-state index contributed by atoms with van der Waals surface area (Å²) in [7, 11) is 0. The monoisotopic (exact) mass is 343 g/mol. The Bertz CT molecular complexity index is 834. The van der Waals surface area contributed by atoms with Crippen LogP contribution in [0.25, 0.3) is 5.69 Å². The van der Waals surface area contributed by atoms with E-state index in [0.717, 1.165) is 11.3 Å². The first-order valence-electron chi connectivity index (χ1n) is 7.14. The van der Waals surface area contributed by atoms with Crippen molar-refractivity contribution in [2.45, 2.75) is 6.92 Å². The number of ether oxygens (including phenoxy) is 1. The van der Waals surface area contributed by atoms with Crippen molar-refractivity contribution in [1.29, 1.82) is 0 Å². The van der Waals surface area contributed by atoms with Gasteiger partial charge in [-0.1, -0.05) is 11.6 Å². The molecule has 0 aliphatic heterocycles. The predicted octanol–water partition coefficient (Wildman–Crippen LogP) is 2.64. The van der Waals surface area contributed by atoms with E-state index in [1.54, 1.807) is 42.5 Å². The number of amides is 1. The molecule has 122 valence electrons. The number of nitrogens with zero attached hydrogens (tertiary/aromatic N) is 4. The average molecular weight is 344 g/mol. The summed E-state index contributed by atoms with van der Waals surface area (Å²) in [4.78, 5) is 12.0. The zero-order chi connectivity index (χ0) is 16.9. The van der Waals surface area contributed by atoms with Crippen LogP contribution in [0, 0.1) is 6.92 Å². The lowest BCUT2D eigenvalue weighted by Crippen LogP contribution is -2.20. The summed E-state index contributed by atoms with van der Waals surface area (Å²) in [5.74, 6) is 0.346. The molecule has 0 unspecified atom stereocenters. The number of anilines is 1. The van der Waals surface area contributed by atoms with Crippen molar-refractivity contribution < 1.29 is 9.53 Å². The second-order valence-electron chi connectivity index (χ2n) is 5.05. The van der Waals surface area contributed by atoms with Crippen LogP contribution >= 0.6 is 11.6 Å². The number of benzene rings is 2. The molecule has 2 aromatic carbocycles. The summed E-state index contributed by atoms with van der Waals surface area (Å²) in [6.45, 7) is 1.79. The molecule has 1 aromatic heterocycles. The molecule has 3 rings (SSSR count). The lowest BCUT2D eigenvalue weighted by Gasteiger charge is -2.09. The summed E-state index contributed by atoms with van der Waals surface area (Å²) in [5, 5.41) is 14.4. The SMILES string of the molecule is Cc1cc(OCC(=O)Nc2ccc(-n3cnnn3)cc2)ccc1Cl. The molecule has 0 atom stereocenters. The molecule has 1 N–H and O–H groups in total. The fraction of sp³-hybridized carbons (Fsp3) is 0.125. The third-order valence-electron chi connectivity index (χ3n) is 3.26. The smallest absolute Gasteiger partial charge is 0.262 e. The van der Waals surface area contributed by atoms with Gasteiger partial charge in [0, 0.05) is 10.7 Å². The zero-order valence-electron chi connectivity index (χ0n) is 12.8. The molecule has 0 saturated carbocycles. The van der Waals surface area contributed by atoms with E-state index in [4.69, 9.17) is 16.3 Å². The molecule has 0 spiro atoms. The van der Waals surface area contributed by atoms with Crippen molar-refractivity contribution in [2.24, 2.45) is 0 Å². The number of nitrogens with one attached hydrogen (secondary N) is 1. The number of carbonyl (C=O) groups is 1. The largest absolute Gasteiger partial charge is 0.484 e. The molecule has 1 amide bonds. The van der Waals surface area contributed by atoms with Crippen LogP contribution in [0.15, 0.2) is 48.8 Å².